The van der Waals surface area contributed by atoms with Crippen molar-refractivity contribution < 1.29 is 4.74 Å². The zero-order chi connectivity index (χ0) is 12.2. The van der Waals surface area contributed by atoms with Crippen LogP contribution < -0.4 is 5.73 Å². The maximum Gasteiger partial charge on any atom is 0.0645 e. The Hall–Kier alpha value is -0.120. The van der Waals surface area contributed by atoms with Crippen molar-refractivity contribution in [2.45, 2.75) is 46.1 Å². The van der Waals surface area contributed by atoms with Crippen LogP contribution in [-0.4, -0.2) is 43.3 Å². The lowest BCUT2D eigenvalue weighted by atomic mass is 9.83. The van der Waals surface area contributed by atoms with Gasteiger partial charge in [0, 0.05) is 18.6 Å². The molecule has 1 heterocycles. The molecule has 1 aliphatic rings. The molecule has 16 heavy (non-hydrogen) atoms. The fourth-order valence-electron chi connectivity index (χ4n) is 2.49. The van der Waals surface area contributed by atoms with Crippen LogP contribution in [0, 0.1) is 5.41 Å². The van der Waals surface area contributed by atoms with Gasteiger partial charge in [0.05, 0.1) is 13.2 Å². The van der Waals surface area contributed by atoms with E-state index in [1.807, 2.05) is 0 Å². The molecular formula is C13H28N2O. The first-order chi connectivity index (χ1) is 7.43. The first-order valence-corrected chi connectivity index (χ1v) is 6.46. The highest BCUT2D eigenvalue weighted by Crippen LogP contribution is 2.28. The monoisotopic (exact) mass is 228 g/mol. The summed E-state index contributed by atoms with van der Waals surface area (Å²) in [5, 5.41) is 0. The van der Waals surface area contributed by atoms with Gasteiger partial charge in [-0.15, -0.1) is 0 Å². The third-order valence-electron chi connectivity index (χ3n) is 3.74. The minimum Gasteiger partial charge on any atom is -0.378 e. The normalized spacial score (nSPS) is 25.3. The highest BCUT2D eigenvalue weighted by molar-refractivity contribution is 4.89. The highest BCUT2D eigenvalue weighted by atomic mass is 16.5. The van der Waals surface area contributed by atoms with Crippen molar-refractivity contribution >= 4 is 0 Å². The van der Waals surface area contributed by atoms with Crippen LogP contribution in [-0.2, 0) is 4.74 Å². The molecule has 1 fully saturated rings. The van der Waals surface area contributed by atoms with Gasteiger partial charge in [0.25, 0.3) is 0 Å². The van der Waals surface area contributed by atoms with Gasteiger partial charge in [-0.1, -0.05) is 20.3 Å². The quantitative estimate of drug-likeness (QED) is 0.780. The lowest BCUT2D eigenvalue weighted by Crippen LogP contribution is -2.56. The predicted molar refractivity (Wildman–Crippen MR) is 68.5 cm³/mol. The molecule has 1 aliphatic heterocycles. The molecule has 0 aliphatic carbocycles. The minimum absolute atomic E-state index is 0.155. The first kappa shape index (κ1) is 13.9. The van der Waals surface area contributed by atoms with E-state index in [-0.39, 0.29) is 11.0 Å². The van der Waals surface area contributed by atoms with E-state index in [4.69, 9.17) is 10.5 Å². The fourth-order valence-corrected chi connectivity index (χ4v) is 2.49. The zero-order valence-electron chi connectivity index (χ0n) is 11.4. The van der Waals surface area contributed by atoms with Crippen molar-refractivity contribution in [2.24, 2.45) is 11.1 Å². The molecule has 0 spiro atoms. The number of hydrogen-bond acceptors (Lipinski definition) is 3. The lowest BCUT2D eigenvalue weighted by Gasteiger charge is -2.46. The van der Waals surface area contributed by atoms with E-state index in [0.29, 0.717) is 0 Å². The van der Waals surface area contributed by atoms with E-state index in [1.165, 1.54) is 12.8 Å². The minimum atomic E-state index is 0.155. The Bertz CT molecular complexity index is 218. The van der Waals surface area contributed by atoms with E-state index in [2.05, 4.69) is 32.6 Å². The Labute approximate surface area is 100 Å². The Kier molecular flexibility index (Phi) is 4.77. The van der Waals surface area contributed by atoms with Crippen molar-refractivity contribution in [2.75, 3.05) is 32.8 Å². The van der Waals surface area contributed by atoms with Crippen molar-refractivity contribution in [1.82, 2.24) is 4.90 Å². The third-order valence-corrected chi connectivity index (χ3v) is 3.74. The Morgan fingerprint density at radius 3 is 2.62 bits per heavy atom. The topological polar surface area (TPSA) is 38.5 Å². The van der Waals surface area contributed by atoms with Gasteiger partial charge in [0.15, 0.2) is 0 Å². The fraction of sp³-hybridized carbons (Fsp3) is 1.00. The molecule has 0 radical (unpaired) electrons. The second-order valence-corrected chi connectivity index (χ2v) is 6.05. The molecule has 1 saturated heterocycles. The standard InChI is InChI=1S/C13H28N2O/c1-5-6-13(4,9-14)10-15-7-8-16-11-12(15,2)3/h5-11,14H2,1-4H3. The molecule has 3 heteroatoms. The summed E-state index contributed by atoms with van der Waals surface area (Å²) in [6, 6.07) is 0. The summed E-state index contributed by atoms with van der Waals surface area (Å²) in [4.78, 5) is 2.54. The van der Waals surface area contributed by atoms with Gasteiger partial charge < -0.3 is 10.5 Å². The summed E-state index contributed by atoms with van der Waals surface area (Å²) in [6.07, 6.45) is 2.41. The third kappa shape index (κ3) is 3.44. The van der Waals surface area contributed by atoms with E-state index in [9.17, 15) is 0 Å². The van der Waals surface area contributed by atoms with Crippen LogP contribution in [0.25, 0.3) is 0 Å². The maximum atomic E-state index is 5.94. The number of nitrogens with zero attached hydrogens (tertiary/aromatic N) is 1. The maximum absolute atomic E-state index is 5.94. The van der Waals surface area contributed by atoms with Crippen LogP contribution in [0.5, 0.6) is 0 Å². The first-order valence-electron chi connectivity index (χ1n) is 6.46. The predicted octanol–water partition coefficient (Wildman–Crippen LogP) is 1.86. The van der Waals surface area contributed by atoms with Gasteiger partial charge in [-0.25, -0.2) is 0 Å². The summed E-state index contributed by atoms with van der Waals surface area (Å²) in [5.74, 6) is 0. The smallest absolute Gasteiger partial charge is 0.0645 e. The SMILES string of the molecule is CCCC(C)(CN)CN1CCOCC1(C)C. The average molecular weight is 228 g/mol. The van der Waals surface area contributed by atoms with Gasteiger partial charge in [0.2, 0.25) is 0 Å². The van der Waals surface area contributed by atoms with Gasteiger partial charge in [0.1, 0.15) is 0 Å². The summed E-state index contributed by atoms with van der Waals surface area (Å²) < 4.78 is 5.55. The van der Waals surface area contributed by atoms with Gasteiger partial charge in [-0.3, -0.25) is 4.90 Å². The van der Waals surface area contributed by atoms with Gasteiger partial charge in [-0.2, -0.15) is 0 Å². The molecule has 2 N–H and O–H groups in total. The lowest BCUT2D eigenvalue weighted by molar-refractivity contribution is -0.0664. The summed E-state index contributed by atoms with van der Waals surface area (Å²) in [6.45, 7) is 13.6. The molecule has 1 atom stereocenters. The van der Waals surface area contributed by atoms with Crippen molar-refractivity contribution in [3.63, 3.8) is 0 Å². The number of rotatable bonds is 5. The number of nitrogens with two attached hydrogens (primary N) is 1. The van der Waals surface area contributed by atoms with E-state index >= 15 is 0 Å². The highest BCUT2D eigenvalue weighted by Gasteiger charge is 2.35. The number of hydrogen-bond donors (Lipinski definition) is 1. The second-order valence-electron chi connectivity index (χ2n) is 6.05. The molecule has 0 amide bonds. The van der Waals surface area contributed by atoms with Crippen LogP contribution in [0.3, 0.4) is 0 Å². The molecule has 3 nitrogen and oxygen atoms in total. The van der Waals surface area contributed by atoms with Crippen molar-refractivity contribution in [3.8, 4) is 0 Å². The van der Waals surface area contributed by atoms with Crippen LogP contribution >= 0.6 is 0 Å². The van der Waals surface area contributed by atoms with E-state index in [0.717, 1.165) is 32.8 Å². The number of ether oxygens (including phenoxy) is 1. The molecule has 0 aromatic rings. The summed E-state index contributed by atoms with van der Waals surface area (Å²) in [5.41, 5.74) is 6.35. The van der Waals surface area contributed by atoms with Crippen LogP contribution in [0.15, 0.2) is 0 Å². The van der Waals surface area contributed by atoms with Crippen LogP contribution in [0.1, 0.15) is 40.5 Å². The summed E-state index contributed by atoms with van der Waals surface area (Å²) >= 11 is 0. The van der Waals surface area contributed by atoms with Gasteiger partial charge >= 0.3 is 0 Å². The molecule has 0 bridgehead atoms. The second kappa shape index (κ2) is 5.48. The largest absolute Gasteiger partial charge is 0.378 e. The Balaban J connectivity index is 2.62. The Morgan fingerprint density at radius 2 is 2.12 bits per heavy atom. The molecule has 0 saturated carbocycles. The zero-order valence-corrected chi connectivity index (χ0v) is 11.4. The summed E-state index contributed by atoms with van der Waals surface area (Å²) in [7, 11) is 0. The van der Waals surface area contributed by atoms with Crippen LogP contribution in [0.2, 0.25) is 0 Å². The molecule has 1 rings (SSSR count). The molecular weight excluding hydrogens is 200 g/mol. The Morgan fingerprint density at radius 1 is 1.44 bits per heavy atom. The number of morpholine rings is 1. The van der Waals surface area contributed by atoms with Crippen LogP contribution in [0.4, 0.5) is 0 Å². The molecule has 1 unspecified atom stereocenters. The molecule has 96 valence electrons. The van der Waals surface area contributed by atoms with E-state index in [1.54, 1.807) is 0 Å². The molecule has 0 aromatic carbocycles. The average Bonchev–Trinajstić information content (AvgIpc) is 2.22. The molecule has 0 aromatic heterocycles. The van der Waals surface area contributed by atoms with E-state index < -0.39 is 0 Å². The van der Waals surface area contributed by atoms with Crippen molar-refractivity contribution in [1.29, 1.82) is 0 Å². The van der Waals surface area contributed by atoms with Gasteiger partial charge in [-0.05, 0) is 32.2 Å². The van der Waals surface area contributed by atoms with Crippen molar-refractivity contribution in [3.05, 3.63) is 0 Å².